The first-order chi connectivity index (χ1) is 11.5. The predicted molar refractivity (Wildman–Crippen MR) is 97.2 cm³/mol. The molecule has 24 heavy (non-hydrogen) atoms. The van der Waals surface area contributed by atoms with E-state index in [-0.39, 0.29) is 5.78 Å². The summed E-state index contributed by atoms with van der Waals surface area (Å²) in [5.41, 5.74) is 1.58. The average Bonchev–Trinajstić information content (AvgIpc) is 2.92. The van der Waals surface area contributed by atoms with Crippen molar-refractivity contribution in [2.75, 3.05) is 0 Å². The van der Waals surface area contributed by atoms with E-state index < -0.39 is 12.1 Å². The number of hydrogen-bond acceptors (Lipinski definition) is 4. The van der Waals surface area contributed by atoms with Crippen molar-refractivity contribution < 1.29 is 14.3 Å². The molecule has 2 aromatic carbocycles. The van der Waals surface area contributed by atoms with Crippen molar-refractivity contribution in [3.05, 3.63) is 69.6 Å². The van der Waals surface area contributed by atoms with Crippen molar-refractivity contribution in [1.82, 2.24) is 0 Å². The lowest BCUT2D eigenvalue weighted by Crippen LogP contribution is -2.24. The van der Waals surface area contributed by atoms with Crippen LogP contribution >= 0.6 is 22.9 Å². The van der Waals surface area contributed by atoms with Gasteiger partial charge in [0.2, 0.25) is 5.78 Å². The zero-order valence-electron chi connectivity index (χ0n) is 13.2. The van der Waals surface area contributed by atoms with Crippen molar-refractivity contribution in [3.8, 4) is 0 Å². The molecule has 1 aromatic heterocycles. The molecule has 0 saturated heterocycles. The normalized spacial score (nSPS) is 12.1. The molecule has 3 nitrogen and oxygen atoms in total. The van der Waals surface area contributed by atoms with E-state index in [2.05, 4.69) is 0 Å². The van der Waals surface area contributed by atoms with Gasteiger partial charge in [0.1, 0.15) is 4.88 Å². The van der Waals surface area contributed by atoms with Gasteiger partial charge in [-0.3, -0.25) is 4.79 Å². The predicted octanol–water partition coefficient (Wildman–Crippen LogP) is 5.29. The standard InChI is InChI=1S/C19H15ClO3S/c1-11-7-9-13(10-8-11)17(21)12(2)23-19(22)18-16(20)14-5-3-4-6-15(14)24-18/h3-10,12H,1-2H3/t12-/m1/s1. The first-order valence-corrected chi connectivity index (χ1v) is 8.65. The van der Waals surface area contributed by atoms with Crippen LogP contribution in [0.5, 0.6) is 0 Å². The number of aryl methyl sites for hydroxylation is 1. The molecule has 0 radical (unpaired) electrons. The first kappa shape index (κ1) is 16.7. The van der Waals surface area contributed by atoms with Gasteiger partial charge in [-0.25, -0.2) is 4.79 Å². The van der Waals surface area contributed by atoms with E-state index in [1.807, 2.05) is 43.3 Å². The second-order valence-corrected chi connectivity index (χ2v) is 6.95. The van der Waals surface area contributed by atoms with Crippen LogP contribution < -0.4 is 0 Å². The summed E-state index contributed by atoms with van der Waals surface area (Å²) in [6, 6.07) is 14.7. The highest BCUT2D eigenvalue weighted by Gasteiger charge is 2.24. The van der Waals surface area contributed by atoms with Crippen LogP contribution in [0.25, 0.3) is 10.1 Å². The Kier molecular flexibility index (Phi) is 4.69. The van der Waals surface area contributed by atoms with Gasteiger partial charge in [-0.15, -0.1) is 11.3 Å². The molecule has 5 heteroatoms. The molecule has 0 aliphatic rings. The van der Waals surface area contributed by atoms with E-state index in [1.54, 1.807) is 19.1 Å². The quantitative estimate of drug-likeness (QED) is 0.470. The third kappa shape index (κ3) is 3.21. The minimum absolute atomic E-state index is 0.236. The van der Waals surface area contributed by atoms with Gasteiger partial charge in [0.15, 0.2) is 6.10 Å². The SMILES string of the molecule is Cc1ccc(C(=O)[C@@H](C)OC(=O)c2sc3ccccc3c2Cl)cc1. The third-order valence-corrected chi connectivity index (χ3v) is 5.36. The van der Waals surface area contributed by atoms with Crippen molar-refractivity contribution in [3.63, 3.8) is 0 Å². The molecule has 3 rings (SSSR count). The lowest BCUT2D eigenvalue weighted by Gasteiger charge is -2.12. The van der Waals surface area contributed by atoms with Gasteiger partial charge in [-0.2, -0.15) is 0 Å². The van der Waals surface area contributed by atoms with Crippen LogP contribution in [0.1, 0.15) is 32.5 Å². The zero-order chi connectivity index (χ0) is 17.3. The van der Waals surface area contributed by atoms with Crippen LogP contribution in [0.4, 0.5) is 0 Å². The van der Waals surface area contributed by atoms with Gasteiger partial charge in [0, 0.05) is 15.6 Å². The number of thiophene rings is 1. The van der Waals surface area contributed by atoms with E-state index in [4.69, 9.17) is 16.3 Å². The van der Waals surface area contributed by atoms with E-state index in [9.17, 15) is 9.59 Å². The molecule has 0 saturated carbocycles. The number of esters is 1. The third-order valence-electron chi connectivity index (χ3n) is 3.71. The summed E-state index contributed by atoms with van der Waals surface area (Å²) in [7, 11) is 0. The minimum atomic E-state index is -0.874. The molecule has 122 valence electrons. The number of ketones is 1. The summed E-state index contributed by atoms with van der Waals surface area (Å²) in [6.45, 7) is 3.52. The molecular formula is C19H15ClO3S. The molecule has 0 bridgehead atoms. The summed E-state index contributed by atoms with van der Waals surface area (Å²) in [5, 5.41) is 1.18. The maximum atomic E-state index is 12.4. The van der Waals surface area contributed by atoms with Gasteiger partial charge in [-0.05, 0) is 19.9 Å². The lowest BCUT2D eigenvalue weighted by atomic mass is 10.1. The van der Waals surface area contributed by atoms with Crippen LogP contribution in [0.2, 0.25) is 5.02 Å². The Morgan fingerprint density at radius 2 is 1.75 bits per heavy atom. The van der Waals surface area contributed by atoms with E-state index in [0.29, 0.717) is 15.5 Å². The molecule has 1 atom stereocenters. The number of fused-ring (bicyclic) bond motifs is 1. The molecule has 0 amide bonds. The second-order valence-electron chi connectivity index (χ2n) is 5.52. The number of ether oxygens (including phenoxy) is 1. The fraction of sp³-hybridized carbons (Fsp3) is 0.158. The number of carbonyl (C=O) groups is 2. The topological polar surface area (TPSA) is 43.4 Å². The van der Waals surface area contributed by atoms with Crippen molar-refractivity contribution >= 4 is 44.8 Å². The molecule has 0 spiro atoms. The van der Waals surface area contributed by atoms with E-state index in [0.717, 1.165) is 15.6 Å². The van der Waals surface area contributed by atoms with E-state index in [1.165, 1.54) is 11.3 Å². The fourth-order valence-corrected chi connectivity index (χ4v) is 3.76. The number of halogens is 1. The van der Waals surface area contributed by atoms with Gasteiger partial charge < -0.3 is 4.74 Å². The van der Waals surface area contributed by atoms with Crippen molar-refractivity contribution in [2.45, 2.75) is 20.0 Å². The van der Waals surface area contributed by atoms with Gasteiger partial charge in [0.25, 0.3) is 0 Å². The van der Waals surface area contributed by atoms with Crippen LogP contribution in [0, 0.1) is 6.92 Å². The van der Waals surface area contributed by atoms with Crippen molar-refractivity contribution in [1.29, 1.82) is 0 Å². The second kappa shape index (κ2) is 6.75. The van der Waals surface area contributed by atoms with E-state index >= 15 is 0 Å². The molecule has 0 unspecified atom stereocenters. The highest BCUT2D eigenvalue weighted by molar-refractivity contribution is 7.21. The maximum Gasteiger partial charge on any atom is 0.350 e. The summed E-state index contributed by atoms with van der Waals surface area (Å²) < 4.78 is 6.24. The Morgan fingerprint density at radius 1 is 1.08 bits per heavy atom. The first-order valence-electron chi connectivity index (χ1n) is 7.46. The maximum absolute atomic E-state index is 12.4. The Labute approximate surface area is 148 Å². The molecule has 1 heterocycles. The molecule has 0 aliphatic heterocycles. The Hall–Kier alpha value is -2.17. The Bertz CT molecular complexity index is 912. The van der Waals surface area contributed by atoms with Crippen LogP contribution in [-0.2, 0) is 4.74 Å². The monoisotopic (exact) mass is 358 g/mol. The molecule has 0 fully saturated rings. The Balaban J connectivity index is 1.79. The fourth-order valence-electron chi connectivity index (χ4n) is 2.37. The Morgan fingerprint density at radius 3 is 2.42 bits per heavy atom. The highest BCUT2D eigenvalue weighted by atomic mass is 35.5. The minimum Gasteiger partial charge on any atom is -0.450 e. The van der Waals surface area contributed by atoms with Gasteiger partial charge >= 0.3 is 5.97 Å². The smallest absolute Gasteiger partial charge is 0.350 e. The largest absolute Gasteiger partial charge is 0.450 e. The molecule has 0 N–H and O–H groups in total. The number of carbonyl (C=O) groups excluding carboxylic acids is 2. The number of hydrogen-bond donors (Lipinski definition) is 0. The summed E-state index contributed by atoms with van der Waals surface area (Å²) in [6.07, 6.45) is -0.874. The lowest BCUT2D eigenvalue weighted by molar-refractivity contribution is 0.0324. The highest BCUT2D eigenvalue weighted by Crippen LogP contribution is 2.35. The average molecular weight is 359 g/mol. The molecule has 3 aromatic rings. The zero-order valence-corrected chi connectivity index (χ0v) is 14.8. The van der Waals surface area contributed by atoms with Gasteiger partial charge in [0.05, 0.1) is 5.02 Å². The number of rotatable bonds is 4. The van der Waals surface area contributed by atoms with Crippen LogP contribution in [-0.4, -0.2) is 17.9 Å². The van der Waals surface area contributed by atoms with Crippen LogP contribution in [0.15, 0.2) is 48.5 Å². The number of Topliss-reactive ketones (excluding diaryl/α,β-unsaturated/α-hetero) is 1. The summed E-state index contributed by atoms with van der Waals surface area (Å²) >= 11 is 7.54. The number of benzene rings is 2. The van der Waals surface area contributed by atoms with Gasteiger partial charge in [-0.1, -0.05) is 59.6 Å². The van der Waals surface area contributed by atoms with Crippen LogP contribution in [0.3, 0.4) is 0 Å². The molecular weight excluding hydrogens is 344 g/mol. The van der Waals surface area contributed by atoms with Crippen molar-refractivity contribution in [2.24, 2.45) is 0 Å². The summed E-state index contributed by atoms with van der Waals surface area (Å²) in [5.74, 6) is -0.810. The summed E-state index contributed by atoms with van der Waals surface area (Å²) in [4.78, 5) is 25.1. The molecule has 0 aliphatic carbocycles.